The van der Waals surface area contributed by atoms with Crippen molar-refractivity contribution in [3.63, 3.8) is 0 Å². The highest BCUT2D eigenvalue weighted by atomic mass is 16.5. The first-order chi connectivity index (χ1) is 8.04. The number of aryl methyl sites for hydroxylation is 1. The minimum atomic E-state index is 0.533. The van der Waals surface area contributed by atoms with E-state index in [2.05, 4.69) is 50.3 Å². The molecule has 0 heterocycles. The molecular weight excluding hydrogens is 212 g/mol. The molecule has 0 fully saturated rings. The molecule has 1 rings (SSSR count). The predicted molar refractivity (Wildman–Crippen MR) is 72.6 cm³/mol. The zero-order valence-electron chi connectivity index (χ0n) is 11.6. The number of hydrogen-bond acceptors (Lipinski definition) is 3. The molecule has 0 spiro atoms. The number of likely N-dealkylation sites (N-methyl/N-ethyl adjacent to an activating group) is 1. The summed E-state index contributed by atoms with van der Waals surface area (Å²) in [4.78, 5) is 2.21. The molecule has 17 heavy (non-hydrogen) atoms. The number of ether oxygens (including phenoxy) is 1. The molecule has 0 saturated carbocycles. The van der Waals surface area contributed by atoms with Gasteiger partial charge in [0.1, 0.15) is 5.75 Å². The summed E-state index contributed by atoms with van der Waals surface area (Å²) >= 11 is 0. The maximum atomic E-state index is 5.35. The molecule has 0 saturated heterocycles. The Balaban J connectivity index is 2.53. The van der Waals surface area contributed by atoms with Gasteiger partial charge in [-0.25, -0.2) is 0 Å². The van der Waals surface area contributed by atoms with Crippen LogP contribution in [0.25, 0.3) is 0 Å². The molecule has 3 nitrogen and oxygen atoms in total. The molecule has 1 atom stereocenters. The molecule has 0 radical (unpaired) electrons. The highest BCUT2D eigenvalue weighted by Gasteiger charge is 2.06. The molecule has 0 aliphatic heterocycles. The van der Waals surface area contributed by atoms with Gasteiger partial charge in [-0.05, 0) is 34.0 Å². The van der Waals surface area contributed by atoms with Crippen molar-refractivity contribution >= 4 is 0 Å². The topological polar surface area (TPSA) is 24.5 Å². The Kier molecular flexibility index (Phi) is 5.45. The summed E-state index contributed by atoms with van der Waals surface area (Å²) in [6, 6.07) is 6.81. The third kappa shape index (κ3) is 4.36. The van der Waals surface area contributed by atoms with E-state index >= 15 is 0 Å². The predicted octanol–water partition coefficient (Wildman–Crippen LogP) is 2.04. The standard InChI is InChI=1S/C14H24N2O/c1-11-6-7-14(17-5)13(8-11)10-15-9-12(2)16(3)4/h6-8,12,15H,9-10H2,1-5H3. The molecule has 0 bridgehead atoms. The number of hydrogen-bond donors (Lipinski definition) is 1. The molecule has 0 aliphatic rings. The van der Waals surface area contributed by atoms with Gasteiger partial charge < -0.3 is 15.0 Å². The van der Waals surface area contributed by atoms with E-state index in [1.165, 1.54) is 11.1 Å². The van der Waals surface area contributed by atoms with Crippen LogP contribution in [0.1, 0.15) is 18.1 Å². The van der Waals surface area contributed by atoms with Crippen LogP contribution >= 0.6 is 0 Å². The molecule has 1 aromatic carbocycles. The van der Waals surface area contributed by atoms with Crippen molar-refractivity contribution in [3.05, 3.63) is 29.3 Å². The van der Waals surface area contributed by atoms with Gasteiger partial charge in [-0.1, -0.05) is 17.7 Å². The summed E-state index contributed by atoms with van der Waals surface area (Å²) in [6.07, 6.45) is 0. The number of rotatable bonds is 6. The van der Waals surface area contributed by atoms with E-state index < -0.39 is 0 Å². The van der Waals surface area contributed by atoms with Gasteiger partial charge >= 0.3 is 0 Å². The smallest absolute Gasteiger partial charge is 0.123 e. The summed E-state index contributed by atoms with van der Waals surface area (Å²) in [6.45, 7) is 6.14. The van der Waals surface area contributed by atoms with Crippen LogP contribution in [0.3, 0.4) is 0 Å². The van der Waals surface area contributed by atoms with Crippen LogP contribution in [-0.4, -0.2) is 38.7 Å². The van der Waals surface area contributed by atoms with E-state index in [0.717, 1.165) is 18.8 Å². The first-order valence-electron chi connectivity index (χ1n) is 6.05. The molecule has 0 aromatic heterocycles. The van der Waals surface area contributed by atoms with Crippen LogP contribution in [0, 0.1) is 6.92 Å². The number of nitrogens with zero attached hydrogens (tertiary/aromatic N) is 1. The second-order valence-electron chi connectivity index (χ2n) is 4.76. The summed E-state index contributed by atoms with van der Waals surface area (Å²) in [5.74, 6) is 0.959. The monoisotopic (exact) mass is 236 g/mol. The fourth-order valence-corrected chi connectivity index (χ4v) is 1.64. The Hall–Kier alpha value is -1.06. The normalized spacial score (nSPS) is 12.8. The van der Waals surface area contributed by atoms with E-state index in [9.17, 15) is 0 Å². The van der Waals surface area contributed by atoms with Gasteiger partial charge in [-0.2, -0.15) is 0 Å². The molecule has 1 unspecified atom stereocenters. The minimum absolute atomic E-state index is 0.533. The summed E-state index contributed by atoms with van der Waals surface area (Å²) < 4.78 is 5.35. The lowest BCUT2D eigenvalue weighted by Gasteiger charge is -2.20. The SMILES string of the molecule is COc1ccc(C)cc1CNCC(C)N(C)C. The van der Waals surface area contributed by atoms with Crippen molar-refractivity contribution in [3.8, 4) is 5.75 Å². The molecular formula is C14H24N2O. The number of methoxy groups -OCH3 is 1. The Morgan fingerprint density at radius 3 is 2.65 bits per heavy atom. The second-order valence-corrected chi connectivity index (χ2v) is 4.76. The van der Waals surface area contributed by atoms with E-state index in [0.29, 0.717) is 6.04 Å². The molecule has 3 heteroatoms. The Labute approximate surface area is 105 Å². The van der Waals surface area contributed by atoms with Gasteiger partial charge in [-0.3, -0.25) is 0 Å². The van der Waals surface area contributed by atoms with Crippen LogP contribution in [0.2, 0.25) is 0 Å². The lowest BCUT2D eigenvalue weighted by molar-refractivity contribution is 0.302. The maximum absolute atomic E-state index is 5.35. The molecule has 0 amide bonds. The summed E-state index contributed by atoms with van der Waals surface area (Å²) in [5, 5.41) is 3.46. The minimum Gasteiger partial charge on any atom is -0.496 e. The van der Waals surface area contributed by atoms with Crippen molar-refractivity contribution in [2.24, 2.45) is 0 Å². The molecule has 0 aliphatic carbocycles. The van der Waals surface area contributed by atoms with Crippen molar-refractivity contribution in [2.75, 3.05) is 27.7 Å². The highest BCUT2D eigenvalue weighted by Crippen LogP contribution is 2.19. The van der Waals surface area contributed by atoms with Crippen molar-refractivity contribution < 1.29 is 4.74 Å². The summed E-state index contributed by atoms with van der Waals surface area (Å²) in [5.41, 5.74) is 2.49. The lowest BCUT2D eigenvalue weighted by Crippen LogP contribution is -2.35. The van der Waals surface area contributed by atoms with Gasteiger partial charge in [0, 0.05) is 24.7 Å². The zero-order valence-corrected chi connectivity index (χ0v) is 11.6. The van der Waals surface area contributed by atoms with Gasteiger partial charge in [-0.15, -0.1) is 0 Å². The highest BCUT2D eigenvalue weighted by molar-refractivity contribution is 5.36. The van der Waals surface area contributed by atoms with Crippen LogP contribution in [0.5, 0.6) is 5.75 Å². The molecule has 1 N–H and O–H groups in total. The number of benzene rings is 1. The largest absolute Gasteiger partial charge is 0.496 e. The van der Waals surface area contributed by atoms with Crippen molar-refractivity contribution in [1.82, 2.24) is 10.2 Å². The Morgan fingerprint density at radius 1 is 1.35 bits per heavy atom. The van der Waals surface area contributed by atoms with Gasteiger partial charge in [0.25, 0.3) is 0 Å². The van der Waals surface area contributed by atoms with Crippen molar-refractivity contribution in [2.45, 2.75) is 26.4 Å². The number of nitrogens with one attached hydrogen (secondary N) is 1. The van der Waals surface area contributed by atoms with Gasteiger partial charge in [0.2, 0.25) is 0 Å². The van der Waals surface area contributed by atoms with Crippen LogP contribution < -0.4 is 10.1 Å². The van der Waals surface area contributed by atoms with Crippen LogP contribution in [-0.2, 0) is 6.54 Å². The first-order valence-corrected chi connectivity index (χ1v) is 6.05. The van der Waals surface area contributed by atoms with E-state index in [1.807, 2.05) is 6.07 Å². The molecule has 1 aromatic rings. The quantitative estimate of drug-likeness (QED) is 0.818. The van der Waals surface area contributed by atoms with E-state index in [1.54, 1.807) is 7.11 Å². The first kappa shape index (κ1) is 14.0. The zero-order chi connectivity index (χ0) is 12.8. The summed E-state index contributed by atoms with van der Waals surface area (Å²) in [7, 11) is 5.91. The fourth-order valence-electron chi connectivity index (χ4n) is 1.64. The lowest BCUT2D eigenvalue weighted by atomic mass is 10.1. The average Bonchev–Trinajstić information content (AvgIpc) is 2.29. The third-order valence-corrected chi connectivity index (χ3v) is 3.07. The van der Waals surface area contributed by atoms with Gasteiger partial charge in [0.15, 0.2) is 0 Å². The van der Waals surface area contributed by atoms with Gasteiger partial charge in [0.05, 0.1) is 7.11 Å². The van der Waals surface area contributed by atoms with Crippen molar-refractivity contribution in [1.29, 1.82) is 0 Å². The average molecular weight is 236 g/mol. The third-order valence-electron chi connectivity index (χ3n) is 3.07. The van der Waals surface area contributed by atoms with Crippen LogP contribution in [0.4, 0.5) is 0 Å². The Morgan fingerprint density at radius 2 is 2.06 bits per heavy atom. The van der Waals surface area contributed by atoms with E-state index in [4.69, 9.17) is 4.74 Å². The fraction of sp³-hybridized carbons (Fsp3) is 0.571. The molecule has 96 valence electrons. The van der Waals surface area contributed by atoms with E-state index in [-0.39, 0.29) is 0 Å². The van der Waals surface area contributed by atoms with Crippen LogP contribution in [0.15, 0.2) is 18.2 Å². The maximum Gasteiger partial charge on any atom is 0.123 e. The Bertz CT molecular complexity index is 350. The second kappa shape index (κ2) is 6.62.